The highest BCUT2D eigenvalue weighted by Gasteiger charge is 2.13. The quantitative estimate of drug-likeness (QED) is 0.512. The zero-order valence-electron chi connectivity index (χ0n) is 18.1. The number of benzene rings is 3. The number of carbonyl (C=O) groups is 3. The summed E-state index contributed by atoms with van der Waals surface area (Å²) >= 11 is 0. The van der Waals surface area contributed by atoms with E-state index in [1.54, 1.807) is 67.6 Å². The maximum Gasteiger partial charge on any atom is 0.262 e. The Balaban J connectivity index is 1.65. The largest absolute Gasteiger partial charge is 0.493 e. The molecule has 164 valence electrons. The van der Waals surface area contributed by atoms with E-state index < -0.39 is 0 Å². The van der Waals surface area contributed by atoms with Crippen LogP contribution in [0.5, 0.6) is 11.5 Å². The summed E-state index contributed by atoms with van der Waals surface area (Å²) in [5, 5.41) is 5.65. The fourth-order valence-corrected chi connectivity index (χ4v) is 3.03. The number of anilines is 2. The van der Waals surface area contributed by atoms with Gasteiger partial charge in [-0.15, -0.1) is 0 Å². The molecule has 32 heavy (non-hydrogen) atoms. The summed E-state index contributed by atoms with van der Waals surface area (Å²) in [5.41, 5.74) is 2.90. The maximum atomic E-state index is 12.4. The molecule has 0 fully saturated rings. The van der Waals surface area contributed by atoms with Crippen LogP contribution in [0.3, 0.4) is 0 Å². The van der Waals surface area contributed by atoms with Crippen LogP contribution in [-0.4, -0.2) is 31.3 Å². The molecule has 0 saturated heterocycles. The minimum Gasteiger partial charge on any atom is -0.493 e. The van der Waals surface area contributed by atoms with Crippen LogP contribution < -0.4 is 20.1 Å². The van der Waals surface area contributed by atoms with E-state index in [0.29, 0.717) is 39.6 Å². The van der Waals surface area contributed by atoms with E-state index in [-0.39, 0.29) is 24.2 Å². The van der Waals surface area contributed by atoms with Crippen LogP contribution in [0, 0.1) is 6.92 Å². The predicted octanol–water partition coefficient (Wildman–Crippen LogP) is 4.48. The second-order valence-corrected chi connectivity index (χ2v) is 7.06. The zero-order valence-corrected chi connectivity index (χ0v) is 18.1. The second-order valence-electron chi connectivity index (χ2n) is 7.06. The Kier molecular flexibility index (Phi) is 7.23. The number of rotatable bonds is 8. The Labute approximate surface area is 186 Å². The van der Waals surface area contributed by atoms with E-state index in [2.05, 4.69) is 10.6 Å². The van der Waals surface area contributed by atoms with Crippen molar-refractivity contribution in [2.75, 3.05) is 24.4 Å². The Morgan fingerprint density at radius 2 is 1.50 bits per heavy atom. The topological polar surface area (TPSA) is 93.7 Å². The Bertz CT molecular complexity index is 1140. The fourth-order valence-electron chi connectivity index (χ4n) is 3.03. The Hall–Kier alpha value is -4.13. The van der Waals surface area contributed by atoms with Gasteiger partial charge in [0.05, 0.1) is 7.11 Å². The van der Waals surface area contributed by atoms with Crippen LogP contribution >= 0.6 is 0 Å². The van der Waals surface area contributed by atoms with Crippen LogP contribution in [0.25, 0.3) is 0 Å². The van der Waals surface area contributed by atoms with E-state index in [1.807, 2.05) is 6.07 Å². The normalized spacial score (nSPS) is 10.2. The van der Waals surface area contributed by atoms with Crippen molar-refractivity contribution in [2.45, 2.75) is 13.8 Å². The molecule has 0 aliphatic carbocycles. The molecule has 0 saturated carbocycles. The summed E-state index contributed by atoms with van der Waals surface area (Å²) in [6, 6.07) is 18.9. The molecule has 0 atom stereocenters. The Morgan fingerprint density at radius 3 is 2.16 bits per heavy atom. The van der Waals surface area contributed by atoms with Gasteiger partial charge in [-0.05, 0) is 61.9 Å². The van der Waals surface area contributed by atoms with E-state index in [4.69, 9.17) is 9.47 Å². The number of nitrogens with one attached hydrogen (secondary N) is 2. The van der Waals surface area contributed by atoms with E-state index in [1.165, 1.54) is 14.0 Å². The SMILES string of the molecule is COc1cc(C(C)=O)ccc1OCC(=O)Nc1cccc(NC(=O)c2ccccc2)c1C. The maximum absolute atomic E-state index is 12.4. The van der Waals surface area contributed by atoms with Crippen molar-refractivity contribution in [1.29, 1.82) is 0 Å². The minimum atomic E-state index is -0.377. The van der Waals surface area contributed by atoms with Gasteiger partial charge in [-0.3, -0.25) is 14.4 Å². The number of methoxy groups -OCH3 is 1. The lowest BCUT2D eigenvalue weighted by atomic mass is 10.1. The van der Waals surface area contributed by atoms with Gasteiger partial charge in [0.15, 0.2) is 23.9 Å². The first kappa shape index (κ1) is 22.6. The lowest BCUT2D eigenvalue weighted by Gasteiger charge is -2.15. The number of hydrogen-bond donors (Lipinski definition) is 2. The molecular formula is C25H24N2O5. The first-order valence-electron chi connectivity index (χ1n) is 9.96. The van der Waals surface area contributed by atoms with Crippen LogP contribution in [-0.2, 0) is 4.79 Å². The lowest BCUT2D eigenvalue weighted by Crippen LogP contribution is -2.21. The first-order chi connectivity index (χ1) is 15.4. The summed E-state index contributed by atoms with van der Waals surface area (Å²) in [7, 11) is 1.46. The zero-order chi connectivity index (χ0) is 23.1. The average molecular weight is 432 g/mol. The third-order valence-corrected chi connectivity index (χ3v) is 4.82. The molecule has 0 spiro atoms. The van der Waals surface area contributed by atoms with E-state index in [9.17, 15) is 14.4 Å². The number of ketones is 1. The predicted molar refractivity (Wildman–Crippen MR) is 123 cm³/mol. The molecule has 7 nitrogen and oxygen atoms in total. The summed E-state index contributed by atoms with van der Waals surface area (Å²) < 4.78 is 10.8. The number of hydrogen-bond acceptors (Lipinski definition) is 5. The molecule has 3 rings (SSSR count). The van der Waals surface area contributed by atoms with E-state index >= 15 is 0 Å². The third kappa shape index (κ3) is 5.51. The highest BCUT2D eigenvalue weighted by molar-refractivity contribution is 6.05. The van der Waals surface area contributed by atoms with Gasteiger partial charge in [-0.1, -0.05) is 24.3 Å². The number of amides is 2. The molecule has 3 aromatic carbocycles. The van der Waals surface area contributed by atoms with Crippen molar-refractivity contribution in [3.8, 4) is 11.5 Å². The molecule has 0 heterocycles. The van der Waals surface area contributed by atoms with Crippen LogP contribution in [0.4, 0.5) is 11.4 Å². The molecule has 0 aromatic heterocycles. The van der Waals surface area contributed by atoms with Gasteiger partial charge in [0.1, 0.15) is 0 Å². The molecule has 0 aliphatic heterocycles. The summed E-state index contributed by atoms with van der Waals surface area (Å²) in [6.45, 7) is 3.01. The number of carbonyl (C=O) groups excluding carboxylic acids is 3. The van der Waals surface area contributed by atoms with Gasteiger partial charge in [0, 0.05) is 22.5 Å². The standard InChI is InChI=1S/C25H24N2O5/c1-16-20(10-7-11-21(16)27-25(30)18-8-5-4-6-9-18)26-24(29)15-32-22-13-12-19(17(2)28)14-23(22)31-3/h4-14H,15H2,1-3H3,(H,26,29)(H,27,30). The van der Waals surface area contributed by atoms with Gasteiger partial charge >= 0.3 is 0 Å². The van der Waals surface area contributed by atoms with Gasteiger partial charge < -0.3 is 20.1 Å². The summed E-state index contributed by atoms with van der Waals surface area (Å²) in [5.74, 6) is 0.0156. The van der Waals surface area contributed by atoms with Gasteiger partial charge in [0.25, 0.3) is 11.8 Å². The number of ether oxygens (including phenoxy) is 2. The van der Waals surface area contributed by atoms with Crippen molar-refractivity contribution in [1.82, 2.24) is 0 Å². The van der Waals surface area contributed by atoms with Crippen LogP contribution in [0.2, 0.25) is 0 Å². The van der Waals surface area contributed by atoms with Crippen molar-refractivity contribution in [2.24, 2.45) is 0 Å². The monoisotopic (exact) mass is 432 g/mol. The van der Waals surface area contributed by atoms with Crippen molar-refractivity contribution < 1.29 is 23.9 Å². The van der Waals surface area contributed by atoms with Crippen LogP contribution in [0.1, 0.15) is 33.2 Å². The smallest absolute Gasteiger partial charge is 0.262 e. The fraction of sp³-hybridized carbons (Fsp3) is 0.160. The average Bonchev–Trinajstić information content (AvgIpc) is 2.80. The van der Waals surface area contributed by atoms with Gasteiger partial charge in [0.2, 0.25) is 0 Å². The molecule has 2 amide bonds. The molecule has 0 aliphatic rings. The van der Waals surface area contributed by atoms with Crippen molar-refractivity contribution in [3.63, 3.8) is 0 Å². The third-order valence-electron chi connectivity index (χ3n) is 4.82. The van der Waals surface area contributed by atoms with Crippen molar-refractivity contribution >= 4 is 29.0 Å². The molecule has 3 aromatic rings. The molecule has 0 unspecified atom stereocenters. The number of Topliss-reactive ketones (excluding diaryl/α,β-unsaturated/α-hetero) is 1. The molecular weight excluding hydrogens is 408 g/mol. The molecule has 0 bridgehead atoms. The highest BCUT2D eigenvalue weighted by atomic mass is 16.5. The highest BCUT2D eigenvalue weighted by Crippen LogP contribution is 2.28. The van der Waals surface area contributed by atoms with Crippen molar-refractivity contribution in [3.05, 3.63) is 83.4 Å². The minimum absolute atomic E-state index is 0.0951. The second kappa shape index (κ2) is 10.3. The van der Waals surface area contributed by atoms with E-state index in [0.717, 1.165) is 0 Å². The van der Waals surface area contributed by atoms with Gasteiger partial charge in [-0.25, -0.2) is 0 Å². The molecule has 2 N–H and O–H groups in total. The van der Waals surface area contributed by atoms with Gasteiger partial charge in [-0.2, -0.15) is 0 Å². The first-order valence-corrected chi connectivity index (χ1v) is 9.96. The summed E-state index contributed by atoms with van der Waals surface area (Å²) in [4.78, 5) is 36.4. The summed E-state index contributed by atoms with van der Waals surface area (Å²) in [6.07, 6.45) is 0. The molecule has 7 heteroatoms. The lowest BCUT2D eigenvalue weighted by molar-refractivity contribution is -0.118. The Morgan fingerprint density at radius 1 is 0.812 bits per heavy atom. The molecule has 0 radical (unpaired) electrons. The van der Waals surface area contributed by atoms with Crippen LogP contribution in [0.15, 0.2) is 66.7 Å².